The van der Waals surface area contributed by atoms with Crippen LogP contribution in [0.1, 0.15) is 63.4 Å². The zero-order valence-electron chi connectivity index (χ0n) is 43.5. The van der Waals surface area contributed by atoms with Crippen LogP contribution in [0, 0.1) is 0 Å². The third-order valence-corrected chi connectivity index (χ3v) is 16.9. The molecule has 5 aliphatic rings. The number of Topliss-reactive ketones (excluding diaryl/α,β-unsaturated/α-hetero) is 1. The predicted octanol–water partition coefficient (Wildman–Crippen LogP) is 8.96. The first-order valence-electron chi connectivity index (χ1n) is 26.9. The Hall–Kier alpha value is -9.41. The van der Waals surface area contributed by atoms with E-state index in [9.17, 15) is 39.3 Å². The number of carbonyl (C=O) groups is 7. The molecule has 5 atom stereocenters. The summed E-state index contributed by atoms with van der Waals surface area (Å²) in [5.41, 5.74) is 2.98. The molecular weight excluding hydrogens is 1010 g/mol. The Bertz CT molecular complexity index is 3600. The van der Waals surface area contributed by atoms with E-state index < -0.39 is 53.0 Å². The normalized spacial score (nSPS) is 22.1. The summed E-state index contributed by atoms with van der Waals surface area (Å²) < 4.78 is 0. The Labute approximate surface area is 461 Å². The number of carbonyl (C=O) groups excluding carboxylic acids is 5. The number of anilines is 4. The van der Waals surface area contributed by atoms with Gasteiger partial charge in [0.15, 0.2) is 11.4 Å². The molecule has 0 radical (unpaired) electrons. The summed E-state index contributed by atoms with van der Waals surface area (Å²) in [6, 6.07) is 49.9. The van der Waals surface area contributed by atoms with Gasteiger partial charge in [0, 0.05) is 49.3 Å². The molecule has 1 saturated carbocycles. The van der Waals surface area contributed by atoms with Crippen molar-refractivity contribution in [3.05, 3.63) is 215 Å². The van der Waals surface area contributed by atoms with E-state index in [0.29, 0.717) is 69.8 Å². The van der Waals surface area contributed by atoms with Gasteiger partial charge in [0.2, 0.25) is 5.91 Å². The van der Waals surface area contributed by atoms with Gasteiger partial charge in [0.05, 0.1) is 41.3 Å². The molecule has 0 aromatic heterocycles. The molecule has 402 valence electrons. The van der Waals surface area contributed by atoms with E-state index in [1.807, 2.05) is 60.7 Å². The van der Waals surface area contributed by atoms with Crippen molar-refractivity contribution in [3.8, 4) is 11.1 Å². The Balaban J connectivity index is 0.811. The van der Waals surface area contributed by atoms with Crippen LogP contribution >= 0.6 is 0 Å². The average molecular weight is 1070 g/mol. The minimum absolute atomic E-state index is 0.00576. The van der Waals surface area contributed by atoms with Crippen LogP contribution < -0.4 is 9.80 Å². The zero-order valence-corrected chi connectivity index (χ0v) is 43.5. The Kier molecular flexibility index (Phi) is 13.1. The number of hydrogen-bond acceptors (Lipinski definition) is 8. The van der Waals surface area contributed by atoms with Crippen LogP contribution in [0.5, 0.6) is 0 Å². The number of benzene rings is 7. The van der Waals surface area contributed by atoms with Gasteiger partial charge < -0.3 is 34.9 Å². The van der Waals surface area contributed by atoms with E-state index in [2.05, 4.69) is 0 Å². The lowest BCUT2D eigenvalue weighted by Gasteiger charge is -2.44. The maximum Gasteiger partial charge on any atom is 0.330 e. The van der Waals surface area contributed by atoms with E-state index in [-0.39, 0.29) is 68.9 Å². The predicted molar refractivity (Wildman–Crippen MR) is 298 cm³/mol. The number of nitrogens with zero attached hydrogens (tertiary/aromatic N) is 6. The van der Waals surface area contributed by atoms with Crippen LogP contribution in [0.15, 0.2) is 182 Å². The van der Waals surface area contributed by atoms with Gasteiger partial charge in [-0.3, -0.25) is 24.2 Å². The summed E-state index contributed by atoms with van der Waals surface area (Å²) in [7, 11) is 0. The van der Waals surface area contributed by atoms with Crippen molar-refractivity contribution in [1.82, 2.24) is 19.6 Å². The number of urea groups is 2. The third-order valence-electron chi connectivity index (χ3n) is 16.9. The fourth-order valence-corrected chi connectivity index (χ4v) is 12.9. The Morgan fingerprint density at radius 1 is 0.537 bits per heavy atom. The first-order chi connectivity index (χ1) is 38.8. The summed E-state index contributed by atoms with van der Waals surface area (Å²) in [6.45, 7) is -0.811. The number of aliphatic hydroxyl groups is 1. The number of aliphatic carboxylic acids is 2. The topological polar surface area (TPSA) is 200 Å². The molecule has 3 N–H and O–H groups in total. The number of piperazine rings is 2. The maximum absolute atomic E-state index is 15.5. The summed E-state index contributed by atoms with van der Waals surface area (Å²) in [4.78, 5) is 108. The molecule has 0 bridgehead atoms. The number of carboxylic acids is 2. The second-order valence-corrected chi connectivity index (χ2v) is 21.2. The molecule has 3 aliphatic heterocycles. The number of amides is 6. The lowest BCUT2D eigenvalue weighted by Crippen LogP contribution is -2.63. The minimum atomic E-state index is -2.29. The van der Waals surface area contributed by atoms with Crippen molar-refractivity contribution in [2.45, 2.75) is 54.7 Å². The highest BCUT2D eigenvalue weighted by Gasteiger charge is 2.55. The number of carboxylic acid groups (broad SMARTS) is 2. The number of fused-ring (bicyclic) bond motifs is 5. The van der Waals surface area contributed by atoms with Crippen molar-refractivity contribution in [2.75, 3.05) is 49.1 Å². The molecule has 3 unspecified atom stereocenters. The Morgan fingerprint density at radius 2 is 1.09 bits per heavy atom. The first kappa shape index (κ1) is 51.4. The van der Waals surface area contributed by atoms with Gasteiger partial charge in [-0.1, -0.05) is 140 Å². The van der Waals surface area contributed by atoms with E-state index in [1.54, 1.807) is 126 Å². The average Bonchev–Trinajstić information content (AvgIpc) is 4.26. The van der Waals surface area contributed by atoms with E-state index in [0.717, 1.165) is 16.0 Å². The van der Waals surface area contributed by atoms with Gasteiger partial charge in [-0.15, -0.1) is 0 Å². The van der Waals surface area contributed by atoms with Gasteiger partial charge in [-0.05, 0) is 95.5 Å². The molecule has 7 aromatic carbocycles. The highest BCUT2D eigenvalue weighted by molar-refractivity contribution is 6.12. The fraction of sp³-hybridized carbons (Fsp3) is 0.234. The van der Waals surface area contributed by atoms with E-state index >= 15 is 9.59 Å². The van der Waals surface area contributed by atoms with Crippen LogP contribution in [-0.4, -0.2) is 128 Å². The van der Waals surface area contributed by atoms with Crippen LogP contribution in [0.3, 0.4) is 0 Å². The monoisotopic (exact) mass is 1070 g/mol. The largest absolute Gasteiger partial charge is 0.480 e. The highest BCUT2D eigenvalue weighted by Crippen LogP contribution is 2.54. The van der Waals surface area contributed by atoms with Crippen molar-refractivity contribution in [1.29, 1.82) is 0 Å². The third kappa shape index (κ3) is 8.54. The Morgan fingerprint density at radius 3 is 1.77 bits per heavy atom. The molecule has 16 nitrogen and oxygen atoms in total. The molecule has 3 fully saturated rings. The van der Waals surface area contributed by atoms with Gasteiger partial charge in [0.1, 0.15) is 12.1 Å². The molecule has 3 heterocycles. The van der Waals surface area contributed by atoms with Gasteiger partial charge in [0.25, 0.3) is 5.91 Å². The molecule has 80 heavy (non-hydrogen) atoms. The number of rotatable bonds is 8. The molecule has 16 heteroatoms. The lowest BCUT2D eigenvalue weighted by atomic mass is 9.76. The fourth-order valence-electron chi connectivity index (χ4n) is 12.9. The standard InChI is InChI=1S/C64H56N6O10/c71-56-37-42-16-10-14-26-52(42)70(53-27-15-12-24-48(53)56)62(79)68-35-32-65(39-55(68)58(74)75)59(76)63(44-17-4-1-5-18-44)31-30-43(38-63)41-28-29-51-49(36-41)47-23-11-13-25-50(47)64(51,80)60(77)67-34-33-66(40-54(67)57(72)73)61(78)69(45-19-6-2-7-20-45)46-21-8-3-9-22-46/h1-29,36,43,54-55,80H,30-35,37-40H2,(H,72,73)(H,74,75)/t43?,54-,55-,63?,64?/m0/s1. The van der Waals surface area contributed by atoms with Crippen molar-refractivity contribution in [2.24, 2.45) is 0 Å². The SMILES string of the molecule is O=C1Cc2ccccc2N(C(=O)N2CCN(C(=O)C3(c4ccccc4)CCC(c4ccc5c(c4)-c4ccccc4C5(O)C(=O)N4CCN(C(=O)N(c5ccccc5)c5ccccc5)C[C@H]4C(=O)O)C3)C[C@H]2C(=O)O)c2ccccc21. The van der Waals surface area contributed by atoms with Crippen molar-refractivity contribution < 1.29 is 48.9 Å². The van der Waals surface area contributed by atoms with Crippen molar-refractivity contribution in [3.63, 3.8) is 0 Å². The summed E-state index contributed by atoms with van der Waals surface area (Å²) in [5, 5.41) is 34.6. The van der Waals surface area contributed by atoms with E-state index in [1.165, 1.54) is 19.6 Å². The summed E-state index contributed by atoms with van der Waals surface area (Å²) >= 11 is 0. The molecule has 2 aliphatic carbocycles. The molecule has 7 aromatic rings. The smallest absolute Gasteiger partial charge is 0.330 e. The molecule has 12 rings (SSSR count). The number of ketones is 1. The second-order valence-electron chi connectivity index (χ2n) is 21.2. The molecule has 0 spiro atoms. The van der Waals surface area contributed by atoms with E-state index in [4.69, 9.17) is 0 Å². The zero-order chi connectivity index (χ0) is 55.5. The van der Waals surface area contributed by atoms with Crippen molar-refractivity contribution >= 4 is 64.3 Å². The van der Waals surface area contributed by atoms with Crippen LogP contribution in [0.2, 0.25) is 0 Å². The first-order valence-corrected chi connectivity index (χ1v) is 26.9. The van der Waals surface area contributed by atoms with Gasteiger partial charge in [-0.2, -0.15) is 0 Å². The second kappa shape index (κ2) is 20.4. The number of hydrogen-bond donors (Lipinski definition) is 3. The van der Waals surface area contributed by atoms with Gasteiger partial charge >= 0.3 is 24.0 Å². The molecular formula is C64H56N6O10. The minimum Gasteiger partial charge on any atom is -0.480 e. The lowest BCUT2D eigenvalue weighted by molar-refractivity contribution is -0.161. The quantitative estimate of drug-likeness (QED) is 0.132. The van der Waals surface area contributed by atoms with Crippen LogP contribution in [0.4, 0.5) is 32.3 Å². The summed E-state index contributed by atoms with van der Waals surface area (Å²) in [5.74, 6) is -4.07. The molecule has 6 amide bonds. The van der Waals surface area contributed by atoms with Crippen LogP contribution in [-0.2, 0) is 36.6 Å². The maximum atomic E-state index is 15.5. The summed E-state index contributed by atoms with van der Waals surface area (Å²) in [6.07, 6.45) is 1.39. The highest BCUT2D eigenvalue weighted by atomic mass is 16.4. The van der Waals surface area contributed by atoms with Crippen LogP contribution in [0.25, 0.3) is 11.1 Å². The van der Waals surface area contributed by atoms with Gasteiger partial charge in [-0.25, -0.2) is 19.2 Å². The number of para-hydroxylation sites is 4. The molecule has 2 saturated heterocycles.